The van der Waals surface area contributed by atoms with E-state index in [1.165, 1.54) is 0 Å². The van der Waals surface area contributed by atoms with Gasteiger partial charge in [0.2, 0.25) is 5.91 Å². The van der Waals surface area contributed by atoms with Crippen LogP contribution in [0, 0.1) is 5.92 Å². The number of piperidine rings is 2. The van der Waals surface area contributed by atoms with Gasteiger partial charge in [-0.25, -0.2) is 0 Å². The number of carbonyl (C=O) groups is 2. The summed E-state index contributed by atoms with van der Waals surface area (Å²) in [5.74, 6) is 0.340. The van der Waals surface area contributed by atoms with Crippen molar-refractivity contribution in [1.82, 2.24) is 14.7 Å². The van der Waals surface area contributed by atoms with Gasteiger partial charge in [0.15, 0.2) is 0 Å². The number of benzene rings is 2. The van der Waals surface area contributed by atoms with Crippen LogP contribution in [-0.2, 0) is 11.3 Å². The Morgan fingerprint density at radius 1 is 0.909 bits per heavy atom. The highest BCUT2D eigenvalue weighted by molar-refractivity contribution is 6.35. The lowest BCUT2D eigenvalue weighted by Gasteiger charge is -2.42. The van der Waals surface area contributed by atoms with E-state index < -0.39 is 0 Å². The van der Waals surface area contributed by atoms with Gasteiger partial charge >= 0.3 is 0 Å². The Morgan fingerprint density at radius 3 is 2.12 bits per heavy atom. The predicted molar refractivity (Wildman–Crippen MR) is 133 cm³/mol. The van der Waals surface area contributed by atoms with E-state index in [-0.39, 0.29) is 17.7 Å². The fourth-order valence-electron chi connectivity index (χ4n) is 5.05. The molecule has 0 bridgehead atoms. The van der Waals surface area contributed by atoms with E-state index in [2.05, 4.69) is 17.0 Å². The molecule has 2 aliphatic heterocycles. The highest BCUT2D eigenvalue weighted by Gasteiger charge is 2.32. The highest BCUT2D eigenvalue weighted by Crippen LogP contribution is 2.27. The molecule has 2 aliphatic rings. The predicted octanol–water partition coefficient (Wildman–Crippen LogP) is 4.97. The maximum Gasteiger partial charge on any atom is 0.253 e. The number of hydrogen-bond acceptors (Lipinski definition) is 3. The van der Waals surface area contributed by atoms with Crippen molar-refractivity contribution in [3.63, 3.8) is 0 Å². The van der Waals surface area contributed by atoms with Gasteiger partial charge in [0.1, 0.15) is 0 Å². The standard InChI is InChI=1S/C26H31Cl2N3O2/c1-29(18-19-5-3-2-4-6-19)25(32)20-7-11-30(12-8-20)24-9-13-31(14-10-24)26(33)21-15-22(27)17-23(28)16-21/h2-6,15-17,20,24H,7-14,18H2,1H3. The Kier molecular flexibility index (Phi) is 7.94. The molecule has 2 aromatic rings. The number of hydrogen-bond donors (Lipinski definition) is 0. The van der Waals surface area contributed by atoms with E-state index in [1.54, 1.807) is 18.2 Å². The average molecular weight is 488 g/mol. The molecule has 0 N–H and O–H groups in total. The second-order valence-electron chi connectivity index (χ2n) is 9.17. The van der Waals surface area contributed by atoms with Crippen LogP contribution in [0.3, 0.4) is 0 Å². The Balaban J connectivity index is 1.24. The van der Waals surface area contributed by atoms with Gasteiger partial charge in [0.05, 0.1) is 0 Å². The third-order valence-corrected chi connectivity index (χ3v) is 7.33. The summed E-state index contributed by atoms with van der Waals surface area (Å²) in [5.41, 5.74) is 1.71. The van der Waals surface area contributed by atoms with Crippen LogP contribution < -0.4 is 0 Å². The Bertz CT molecular complexity index is 949. The van der Waals surface area contributed by atoms with E-state index in [9.17, 15) is 9.59 Å². The third-order valence-electron chi connectivity index (χ3n) is 6.90. The molecule has 0 unspecified atom stereocenters. The molecule has 2 aromatic carbocycles. The van der Waals surface area contributed by atoms with Crippen LogP contribution in [-0.4, -0.2) is 65.8 Å². The molecule has 2 heterocycles. The summed E-state index contributed by atoms with van der Waals surface area (Å²) in [4.78, 5) is 32.1. The topological polar surface area (TPSA) is 43.9 Å². The van der Waals surface area contributed by atoms with Gasteiger partial charge in [-0.3, -0.25) is 9.59 Å². The summed E-state index contributed by atoms with van der Waals surface area (Å²) < 4.78 is 0. The maximum absolute atomic E-state index is 12.9. The van der Waals surface area contributed by atoms with Crippen molar-refractivity contribution in [3.05, 3.63) is 69.7 Å². The van der Waals surface area contributed by atoms with E-state index in [4.69, 9.17) is 23.2 Å². The molecule has 0 radical (unpaired) electrons. The zero-order valence-corrected chi connectivity index (χ0v) is 20.6. The van der Waals surface area contributed by atoms with E-state index >= 15 is 0 Å². The first-order valence-corrected chi connectivity index (χ1v) is 12.4. The SMILES string of the molecule is CN(Cc1ccccc1)C(=O)C1CCN(C2CCN(C(=O)c3cc(Cl)cc(Cl)c3)CC2)CC1. The van der Waals surface area contributed by atoms with Crippen LogP contribution in [0.1, 0.15) is 41.6 Å². The molecule has 7 heteroatoms. The second-order valence-corrected chi connectivity index (χ2v) is 10.0. The first-order valence-electron chi connectivity index (χ1n) is 11.7. The summed E-state index contributed by atoms with van der Waals surface area (Å²) in [7, 11) is 1.90. The van der Waals surface area contributed by atoms with Crippen molar-refractivity contribution < 1.29 is 9.59 Å². The van der Waals surface area contributed by atoms with Crippen molar-refractivity contribution >= 4 is 35.0 Å². The molecule has 2 amide bonds. The number of nitrogens with zero attached hydrogens (tertiary/aromatic N) is 3. The molecule has 33 heavy (non-hydrogen) atoms. The molecule has 2 saturated heterocycles. The van der Waals surface area contributed by atoms with Gasteiger partial charge in [0.25, 0.3) is 5.91 Å². The van der Waals surface area contributed by atoms with Crippen LogP contribution in [0.25, 0.3) is 0 Å². The summed E-state index contributed by atoms with van der Waals surface area (Å²) >= 11 is 12.1. The van der Waals surface area contributed by atoms with Gasteiger partial charge < -0.3 is 14.7 Å². The van der Waals surface area contributed by atoms with Crippen LogP contribution in [0.15, 0.2) is 48.5 Å². The van der Waals surface area contributed by atoms with Crippen molar-refractivity contribution in [2.75, 3.05) is 33.2 Å². The molecular weight excluding hydrogens is 457 g/mol. The molecule has 0 aromatic heterocycles. The molecule has 176 valence electrons. The number of amides is 2. The number of rotatable bonds is 5. The number of likely N-dealkylation sites (tertiary alicyclic amines) is 2. The largest absolute Gasteiger partial charge is 0.341 e. The molecule has 5 nitrogen and oxygen atoms in total. The zero-order chi connectivity index (χ0) is 23.4. The Morgan fingerprint density at radius 2 is 1.52 bits per heavy atom. The van der Waals surface area contributed by atoms with Crippen molar-refractivity contribution in [1.29, 1.82) is 0 Å². The molecule has 4 rings (SSSR count). The summed E-state index contributed by atoms with van der Waals surface area (Å²) in [6.07, 6.45) is 3.70. The summed E-state index contributed by atoms with van der Waals surface area (Å²) in [6, 6.07) is 15.6. The van der Waals surface area contributed by atoms with Crippen molar-refractivity contribution in [2.45, 2.75) is 38.3 Å². The molecule has 0 saturated carbocycles. The fourth-order valence-corrected chi connectivity index (χ4v) is 5.58. The Labute approximate surface area is 206 Å². The summed E-state index contributed by atoms with van der Waals surface area (Å²) in [6.45, 7) is 4.00. The van der Waals surface area contributed by atoms with Crippen LogP contribution >= 0.6 is 23.2 Å². The Hall–Kier alpha value is -2.08. The van der Waals surface area contributed by atoms with E-state index in [0.717, 1.165) is 57.4 Å². The molecule has 0 atom stereocenters. The minimum Gasteiger partial charge on any atom is -0.341 e. The quantitative estimate of drug-likeness (QED) is 0.597. The first-order chi connectivity index (χ1) is 15.9. The molecule has 2 fully saturated rings. The fraction of sp³-hybridized carbons (Fsp3) is 0.462. The summed E-state index contributed by atoms with van der Waals surface area (Å²) in [5, 5.41) is 0.958. The second kappa shape index (κ2) is 10.9. The molecular formula is C26H31Cl2N3O2. The minimum absolute atomic E-state index is 0.0105. The van der Waals surface area contributed by atoms with E-state index in [1.807, 2.05) is 35.0 Å². The minimum atomic E-state index is -0.0105. The maximum atomic E-state index is 12.9. The van der Waals surface area contributed by atoms with Crippen molar-refractivity contribution in [3.8, 4) is 0 Å². The lowest BCUT2D eigenvalue weighted by Crippen LogP contribution is -2.50. The molecule has 0 spiro atoms. The van der Waals surface area contributed by atoms with E-state index in [0.29, 0.717) is 28.2 Å². The monoisotopic (exact) mass is 487 g/mol. The van der Waals surface area contributed by atoms with Crippen LogP contribution in [0.4, 0.5) is 0 Å². The highest BCUT2D eigenvalue weighted by atomic mass is 35.5. The van der Waals surface area contributed by atoms with Gasteiger partial charge in [-0.2, -0.15) is 0 Å². The molecule has 0 aliphatic carbocycles. The normalized spacial score (nSPS) is 18.3. The van der Waals surface area contributed by atoms with Gasteiger partial charge in [-0.05, 0) is 62.5 Å². The smallest absolute Gasteiger partial charge is 0.253 e. The van der Waals surface area contributed by atoms with Crippen molar-refractivity contribution in [2.24, 2.45) is 5.92 Å². The third kappa shape index (κ3) is 6.08. The van der Waals surface area contributed by atoms with Gasteiger partial charge in [0, 0.05) is 54.3 Å². The van der Waals surface area contributed by atoms with Gasteiger partial charge in [-0.15, -0.1) is 0 Å². The lowest BCUT2D eigenvalue weighted by atomic mass is 9.92. The first kappa shape index (κ1) is 24.1. The van der Waals surface area contributed by atoms with Crippen LogP contribution in [0.2, 0.25) is 10.0 Å². The van der Waals surface area contributed by atoms with Crippen LogP contribution in [0.5, 0.6) is 0 Å². The number of halogens is 2. The van der Waals surface area contributed by atoms with Gasteiger partial charge in [-0.1, -0.05) is 53.5 Å². The zero-order valence-electron chi connectivity index (χ0n) is 19.1. The number of carbonyl (C=O) groups excluding carboxylic acids is 2. The lowest BCUT2D eigenvalue weighted by molar-refractivity contribution is -0.136. The average Bonchev–Trinajstić information content (AvgIpc) is 2.83.